The topological polar surface area (TPSA) is 59.0 Å². The number of halogens is 1. The third-order valence-corrected chi connectivity index (χ3v) is 3.08. The van der Waals surface area contributed by atoms with Gasteiger partial charge in [-0.1, -0.05) is 23.7 Å². The van der Waals surface area contributed by atoms with Crippen molar-refractivity contribution in [2.45, 2.75) is 13.5 Å². The van der Waals surface area contributed by atoms with E-state index in [9.17, 15) is 0 Å². The highest BCUT2D eigenvalue weighted by Crippen LogP contribution is 2.25. The molecular weight excluding hydrogens is 260 g/mol. The number of nitriles is 1. The molecule has 0 aromatic heterocycles. The summed E-state index contributed by atoms with van der Waals surface area (Å²) in [7, 11) is 0. The van der Waals surface area contributed by atoms with Gasteiger partial charge in [0.15, 0.2) is 0 Å². The number of nitrogens with two attached hydrogens (primary N) is 1. The Morgan fingerprint density at radius 2 is 2.05 bits per heavy atom. The molecule has 0 atom stereocenters. The predicted octanol–water partition coefficient (Wildman–Crippen LogP) is 3.68. The van der Waals surface area contributed by atoms with Crippen molar-refractivity contribution in [3.8, 4) is 11.8 Å². The summed E-state index contributed by atoms with van der Waals surface area (Å²) in [5.41, 5.74) is 8.91. The zero-order chi connectivity index (χ0) is 13.8. The van der Waals surface area contributed by atoms with E-state index >= 15 is 0 Å². The lowest BCUT2D eigenvalue weighted by Gasteiger charge is -2.10. The Balaban J connectivity index is 2.13. The summed E-state index contributed by atoms with van der Waals surface area (Å²) in [4.78, 5) is 0. The van der Waals surface area contributed by atoms with Gasteiger partial charge in [0.05, 0.1) is 17.3 Å². The Morgan fingerprint density at radius 3 is 2.68 bits per heavy atom. The minimum atomic E-state index is 0.317. The number of nitrogen functional groups attached to an aromatic ring is 1. The van der Waals surface area contributed by atoms with Gasteiger partial charge in [0, 0.05) is 10.6 Å². The van der Waals surface area contributed by atoms with Gasteiger partial charge in [0.2, 0.25) is 0 Å². The van der Waals surface area contributed by atoms with Crippen molar-refractivity contribution in [1.29, 1.82) is 5.26 Å². The molecule has 0 aliphatic heterocycles. The minimum absolute atomic E-state index is 0.317. The first kappa shape index (κ1) is 13.3. The number of aryl methyl sites for hydroxylation is 1. The average molecular weight is 273 g/mol. The number of hydrogen-bond donors (Lipinski definition) is 1. The molecule has 4 heteroatoms. The zero-order valence-electron chi connectivity index (χ0n) is 10.5. The van der Waals surface area contributed by atoms with E-state index in [2.05, 4.69) is 0 Å². The van der Waals surface area contributed by atoms with Crippen LogP contribution in [0.15, 0.2) is 36.4 Å². The molecule has 0 spiro atoms. The van der Waals surface area contributed by atoms with Crippen LogP contribution < -0.4 is 10.5 Å². The highest BCUT2D eigenvalue weighted by molar-refractivity contribution is 6.31. The van der Waals surface area contributed by atoms with Crippen LogP contribution in [0.25, 0.3) is 0 Å². The molecule has 0 aliphatic rings. The van der Waals surface area contributed by atoms with E-state index in [0.717, 1.165) is 11.1 Å². The monoisotopic (exact) mass is 272 g/mol. The van der Waals surface area contributed by atoms with Crippen molar-refractivity contribution < 1.29 is 4.74 Å². The number of ether oxygens (including phenoxy) is 1. The normalized spacial score (nSPS) is 9.95. The van der Waals surface area contributed by atoms with E-state index in [1.807, 2.05) is 31.2 Å². The van der Waals surface area contributed by atoms with Crippen LogP contribution in [0.2, 0.25) is 5.02 Å². The molecule has 2 rings (SSSR count). The van der Waals surface area contributed by atoms with E-state index in [-0.39, 0.29) is 0 Å². The molecule has 0 fully saturated rings. The van der Waals surface area contributed by atoms with Crippen molar-refractivity contribution in [2.24, 2.45) is 0 Å². The third-order valence-electron chi connectivity index (χ3n) is 2.73. The van der Waals surface area contributed by atoms with Crippen molar-refractivity contribution in [1.82, 2.24) is 0 Å². The van der Waals surface area contributed by atoms with Crippen molar-refractivity contribution in [2.75, 3.05) is 5.73 Å². The van der Waals surface area contributed by atoms with E-state index in [1.54, 1.807) is 18.2 Å². The van der Waals surface area contributed by atoms with Crippen LogP contribution >= 0.6 is 11.6 Å². The van der Waals surface area contributed by atoms with Crippen LogP contribution in [0, 0.1) is 18.3 Å². The Kier molecular flexibility index (Phi) is 3.94. The SMILES string of the molecule is Cc1ccc(OCc2ccc(C#N)cc2Cl)c(N)c1. The fraction of sp³-hybridized carbons (Fsp3) is 0.133. The largest absolute Gasteiger partial charge is 0.487 e. The molecule has 0 aliphatic carbocycles. The summed E-state index contributed by atoms with van der Waals surface area (Å²) >= 11 is 6.08. The van der Waals surface area contributed by atoms with Crippen LogP contribution in [0.1, 0.15) is 16.7 Å². The van der Waals surface area contributed by atoms with E-state index in [1.165, 1.54) is 0 Å². The molecule has 0 saturated carbocycles. The van der Waals surface area contributed by atoms with E-state index in [0.29, 0.717) is 28.6 Å². The van der Waals surface area contributed by atoms with Gasteiger partial charge in [-0.05, 0) is 36.8 Å². The maximum Gasteiger partial charge on any atom is 0.142 e. The summed E-state index contributed by atoms with van der Waals surface area (Å²) in [6.07, 6.45) is 0. The van der Waals surface area contributed by atoms with Crippen LogP contribution in [-0.2, 0) is 6.61 Å². The van der Waals surface area contributed by atoms with Crippen LogP contribution in [0.3, 0.4) is 0 Å². The second-order valence-electron chi connectivity index (χ2n) is 4.25. The van der Waals surface area contributed by atoms with Crippen LogP contribution in [0.4, 0.5) is 5.69 Å². The maximum absolute atomic E-state index is 8.77. The lowest BCUT2D eigenvalue weighted by Crippen LogP contribution is -2.00. The third kappa shape index (κ3) is 3.18. The van der Waals surface area contributed by atoms with Gasteiger partial charge in [0.1, 0.15) is 12.4 Å². The molecule has 0 unspecified atom stereocenters. The molecule has 3 nitrogen and oxygen atoms in total. The average Bonchev–Trinajstić information content (AvgIpc) is 2.39. The Labute approximate surface area is 117 Å². The molecule has 0 bridgehead atoms. The van der Waals surface area contributed by atoms with Gasteiger partial charge in [-0.2, -0.15) is 5.26 Å². The van der Waals surface area contributed by atoms with Gasteiger partial charge in [-0.15, -0.1) is 0 Å². The quantitative estimate of drug-likeness (QED) is 0.867. The summed E-state index contributed by atoms with van der Waals surface area (Å²) in [6, 6.07) is 12.8. The minimum Gasteiger partial charge on any atom is -0.487 e. The first-order valence-corrected chi connectivity index (χ1v) is 6.15. The zero-order valence-corrected chi connectivity index (χ0v) is 11.2. The van der Waals surface area contributed by atoms with Crippen LogP contribution in [0.5, 0.6) is 5.75 Å². The lowest BCUT2D eigenvalue weighted by atomic mass is 10.1. The van der Waals surface area contributed by atoms with Gasteiger partial charge < -0.3 is 10.5 Å². The smallest absolute Gasteiger partial charge is 0.142 e. The Hall–Kier alpha value is -2.18. The standard InChI is InChI=1S/C15H13ClN2O/c1-10-2-5-15(14(18)6-10)19-9-12-4-3-11(8-17)7-13(12)16/h2-7H,9,18H2,1H3. The molecular formula is C15H13ClN2O. The van der Waals surface area contributed by atoms with Gasteiger partial charge in [0.25, 0.3) is 0 Å². The van der Waals surface area contributed by atoms with Gasteiger partial charge in [-0.25, -0.2) is 0 Å². The number of rotatable bonds is 3. The number of nitrogens with zero attached hydrogens (tertiary/aromatic N) is 1. The Morgan fingerprint density at radius 1 is 1.26 bits per heavy atom. The van der Waals surface area contributed by atoms with Crippen molar-refractivity contribution in [3.63, 3.8) is 0 Å². The molecule has 2 aromatic rings. The second-order valence-corrected chi connectivity index (χ2v) is 4.66. The fourth-order valence-electron chi connectivity index (χ4n) is 1.69. The van der Waals surface area contributed by atoms with Gasteiger partial charge >= 0.3 is 0 Å². The molecule has 0 heterocycles. The van der Waals surface area contributed by atoms with Crippen molar-refractivity contribution >= 4 is 17.3 Å². The Bertz CT molecular complexity index is 647. The molecule has 19 heavy (non-hydrogen) atoms. The highest BCUT2D eigenvalue weighted by Gasteiger charge is 2.05. The lowest BCUT2D eigenvalue weighted by molar-refractivity contribution is 0.308. The van der Waals surface area contributed by atoms with E-state index in [4.69, 9.17) is 27.3 Å². The first-order chi connectivity index (χ1) is 9.10. The summed E-state index contributed by atoms with van der Waals surface area (Å²) in [6.45, 7) is 2.29. The van der Waals surface area contributed by atoms with Crippen molar-refractivity contribution in [3.05, 3.63) is 58.1 Å². The predicted molar refractivity (Wildman–Crippen MR) is 76.1 cm³/mol. The molecule has 0 saturated heterocycles. The first-order valence-electron chi connectivity index (χ1n) is 5.77. The summed E-state index contributed by atoms with van der Waals surface area (Å²) in [5.74, 6) is 0.631. The molecule has 96 valence electrons. The number of benzene rings is 2. The van der Waals surface area contributed by atoms with Crippen LogP contribution in [-0.4, -0.2) is 0 Å². The van der Waals surface area contributed by atoms with E-state index < -0.39 is 0 Å². The molecule has 2 N–H and O–H groups in total. The molecule has 0 amide bonds. The number of anilines is 1. The second kappa shape index (κ2) is 5.64. The number of hydrogen-bond acceptors (Lipinski definition) is 3. The highest BCUT2D eigenvalue weighted by atomic mass is 35.5. The summed E-state index contributed by atoms with van der Waals surface area (Å²) < 4.78 is 5.64. The maximum atomic E-state index is 8.77. The van der Waals surface area contributed by atoms with Gasteiger partial charge in [-0.3, -0.25) is 0 Å². The fourth-order valence-corrected chi connectivity index (χ4v) is 1.92. The molecule has 2 aromatic carbocycles. The summed E-state index contributed by atoms with van der Waals surface area (Å²) in [5, 5.41) is 9.29. The molecule has 0 radical (unpaired) electrons.